The smallest absolute Gasteiger partial charge is 0.462 e. The standard InChI is InChI=1S/C13H21O12P/c1-7(14)21-5-11(23-8(2)15)13(25-10(4)17)12(24-9(3)16)6-22-26(18,19)20/h11-13H,5-6H2,1-4H3,(H2,18,19,20)/t11-,12+,13-/m0/s1/i1D,2D,3D,4D. The molecule has 3 atom stereocenters. The van der Waals surface area contributed by atoms with Gasteiger partial charge in [-0.15, -0.1) is 0 Å². The number of phosphoric ester groups is 1. The Kier molecular flexibility index (Phi) is 7.27. The van der Waals surface area contributed by atoms with Gasteiger partial charge in [0.25, 0.3) is 0 Å². The second-order valence-electron chi connectivity index (χ2n) is 4.48. The van der Waals surface area contributed by atoms with Crippen LogP contribution in [0.25, 0.3) is 0 Å². The lowest BCUT2D eigenvalue weighted by Crippen LogP contribution is -2.49. The maximum Gasteiger partial charge on any atom is 0.469 e. The van der Waals surface area contributed by atoms with Crippen molar-refractivity contribution in [2.75, 3.05) is 13.2 Å². The summed E-state index contributed by atoms with van der Waals surface area (Å²) in [5.74, 6) is -4.77. The Morgan fingerprint density at radius 1 is 0.846 bits per heavy atom. The van der Waals surface area contributed by atoms with Gasteiger partial charge in [-0.1, -0.05) is 0 Å². The van der Waals surface area contributed by atoms with E-state index in [0.717, 1.165) is 0 Å². The molecule has 13 heteroatoms. The number of phosphoric acid groups is 1. The Hall–Kier alpha value is -2.01. The van der Waals surface area contributed by atoms with E-state index in [9.17, 15) is 23.7 Å². The summed E-state index contributed by atoms with van der Waals surface area (Å²) in [5, 5.41) is 0. The minimum Gasteiger partial charge on any atom is -0.462 e. The van der Waals surface area contributed by atoms with Crippen molar-refractivity contribution in [2.24, 2.45) is 0 Å². The van der Waals surface area contributed by atoms with E-state index >= 15 is 0 Å². The molecule has 0 unspecified atom stereocenters. The molecular weight excluding hydrogens is 379 g/mol. The van der Waals surface area contributed by atoms with Crippen molar-refractivity contribution >= 4 is 31.7 Å². The van der Waals surface area contributed by atoms with Crippen LogP contribution in [-0.4, -0.2) is 65.2 Å². The molecular formula is C13H21O12P. The van der Waals surface area contributed by atoms with Crippen LogP contribution in [0.2, 0.25) is 0 Å². The highest BCUT2D eigenvalue weighted by Crippen LogP contribution is 2.36. The molecule has 26 heavy (non-hydrogen) atoms. The third-order valence-electron chi connectivity index (χ3n) is 2.38. The van der Waals surface area contributed by atoms with E-state index < -0.39 is 90.8 Å². The summed E-state index contributed by atoms with van der Waals surface area (Å²) in [7, 11) is -5.12. The molecule has 0 aliphatic heterocycles. The van der Waals surface area contributed by atoms with E-state index in [2.05, 4.69) is 9.26 Å². The first-order chi connectivity index (χ1) is 14.0. The van der Waals surface area contributed by atoms with Crippen LogP contribution in [0.15, 0.2) is 0 Å². The van der Waals surface area contributed by atoms with Gasteiger partial charge < -0.3 is 28.7 Å². The summed E-state index contributed by atoms with van der Waals surface area (Å²) in [4.78, 5) is 63.7. The lowest BCUT2D eigenvalue weighted by Gasteiger charge is -2.31. The summed E-state index contributed by atoms with van der Waals surface area (Å²) in [6, 6.07) is 0. The van der Waals surface area contributed by atoms with Gasteiger partial charge in [-0.05, 0) is 0 Å². The fourth-order valence-corrected chi connectivity index (χ4v) is 1.96. The number of carbonyl (C=O) groups excluding carboxylic acids is 4. The van der Waals surface area contributed by atoms with Crippen molar-refractivity contribution in [1.82, 2.24) is 0 Å². The lowest BCUT2D eigenvalue weighted by molar-refractivity contribution is -0.191. The fourth-order valence-electron chi connectivity index (χ4n) is 1.62. The second-order valence-corrected chi connectivity index (χ2v) is 5.72. The lowest BCUT2D eigenvalue weighted by atomic mass is 10.1. The number of esters is 4. The number of rotatable bonds is 10. The molecule has 12 nitrogen and oxygen atoms in total. The molecule has 150 valence electrons. The minimum atomic E-state index is -5.12. The third-order valence-corrected chi connectivity index (χ3v) is 2.87. The van der Waals surface area contributed by atoms with Crippen LogP contribution in [0.4, 0.5) is 0 Å². The molecule has 0 rings (SSSR count). The van der Waals surface area contributed by atoms with Gasteiger partial charge in [-0.25, -0.2) is 4.57 Å². The highest BCUT2D eigenvalue weighted by atomic mass is 31.2. The minimum absolute atomic E-state index is 0.825. The predicted molar refractivity (Wildman–Crippen MR) is 81.3 cm³/mol. The van der Waals surface area contributed by atoms with E-state index in [1.807, 2.05) is 0 Å². The number of hydrogen-bond acceptors (Lipinski definition) is 10. The molecule has 0 aromatic heterocycles. The van der Waals surface area contributed by atoms with Gasteiger partial charge >= 0.3 is 31.7 Å². The topological polar surface area (TPSA) is 172 Å². The number of ether oxygens (including phenoxy) is 4. The van der Waals surface area contributed by atoms with Crippen LogP contribution < -0.4 is 0 Å². The maximum atomic E-state index is 11.6. The van der Waals surface area contributed by atoms with E-state index in [4.69, 9.17) is 29.5 Å². The third kappa shape index (κ3) is 11.5. The Balaban J connectivity index is 5.95. The first-order valence-electron chi connectivity index (χ1n) is 9.41. The first-order valence-corrected chi connectivity index (χ1v) is 8.11. The largest absolute Gasteiger partial charge is 0.469 e. The zero-order chi connectivity index (χ0) is 23.3. The van der Waals surface area contributed by atoms with Crippen molar-refractivity contribution in [2.45, 2.75) is 45.9 Å². The molecule has 0 fully saturated rings. The molecule has 0 aromatic rings. The van der Waals surface area contributed by atoms with Crippen LogP contribution >= 0.6 is 7.82 Å². The van der Waals surface area contributed by atoms with Crippen molar-refractivity contribution in [1.29, 1.82) is 0 Å². The molecule has 0 aliphatic carbocycles. The average molecular weight is 404 g/mol. The van der Waals surface area contributed by atoms with Crippen LogP contribution in [0.1, 0.15) is 33.1 Å². The molecule has 0 radical (unpaired) electrons. The maximum absolute atomic E-state index is 11.6. The normalized spacial score (nSPS) is 16.5. The second kappa shape index (κ2) is 10.9. The fraction of sp³-hybridized carbons (Fsp3) is 0.692. The van der Waals surface area contributed by atoms with Gasteiger partial charge in [0.1, 0.15) is 6.61 Å². The van der Waals surface area contributed by atoms with Gasteiger partial charge in [0, 0.05) is 33.1 Å². The summed E-state index contributed by atoms with van der Waals surface area (Å²) >= 11 is 0. The summed E-state index contributed by atoms with van der Waals surface area (Å²) < 4.78 is 62.3. The molecule has 0 aliphatic rings. The van der Waals surface area contributed by atoms with Gasteiger partial charge in [-0.2, -0.15) is 0 Å². The highest BCUT2D eigenvalue weighted by molar-refractivity contribution is 7.46. The Morgan fingerprint density at radius 2 is 1.31 bits per heavy atom. The van der Waals surface area contributed by atoms with Gasteiger partial charge in [0.15, 0.2) is 18.3 Å². The van der Waals surface area contributed by atoms with Crippen LogP contribution in [0, 0.1) is 0 Å². The predicted octanol–water partition coefficient (Wildman–Crippen LogP) is -0.546. The van der Waals surface area contributed by atoms with Crippen molar-refractivity contribution in [3.8, 4) is 0 Å². The van der Waals surface area contributed by atoms with Crippen LogP contribution in [-0.2, 0) is 47.2 Å². The Morgan fingerprint density at radius 3 is 1.77 bits per heavy atom. The quantitative estimate of drug-likeness (QED) is 0.271. The molecule has 0 spiro atoms. The zero-order valence-electron chi connectivity index (χ0n) is 17.4. The van der Waals surface area contributed by atoms with Crippen LogP contribution in [0.3, 0.4) is 0 Å². The van der Waals surface area contributed by atoms with E-state index in [1.54, 1.807) is 0 Å². The summed E-state index contributed by atoms with van der Waals surface area (Å²) in [5.41, 5.74) is 0. The van der Waals surface area contributed by atoms with Crippen molar-refractivity contribution in [3.63, 3.8) is 0 Å². The molecule has 0 amide bonds. The Bertz CT molecular complexity index is 642. The van der Waals surface area contributed by atoms with E-state index in [-0.39, 0.29) is 0 Å². The average Bonchev–Trinajstić information content (AvgIpc) is 2.70. The van der Waals surface area contributed by atoms with Gasteiger partial charge in [0.2, 0.25) is 0 Å². The van der Waals surface area contributed by atoms with Crippen LogP contribution in [0.5, 0.6) is 0 Å². The molecule has 0 saturated carbocycles. The Labute approximate surface area is 154 Å². The van der Waals surface area contributed by atoms with Gasteiger partial charge in [0.05, 0.1) is 6.61 Å². The van der Waals surface area contributed by atoms with Crippen molar-refractivity contribution in [3.05, 3.63) is 0 Å². The number of hydrogen-bond donors (Lipinski definition) is 2. The first kappa shape index (κ1) is 17.4. The van der Waals surface area contributed by atoms with Crippen molar-refractivity contribution < 1.29 is 62.5 Å². The zero-order valence-corrected chi connectivity index (χ0v) is 14.3. The summed E-state index contributed by atoms with van der Waals surface area (Å²) in [6.07, 6.45) is -5.54. The molecule has 0 heterocycles. The highest BCUT2D eigenvalue weighted by Gasteiger charge is 2.39. The van der Waals surface area contributed by atoms with Gasteiger partial charge in [-0.3, -0.25) is 23.7 Å². The van der Waals surface area contributed by atoms with E-state index in [1.165, 1.54) is 0 Å². The van der Waals surface area contributed by atoms with E-state index in [0.29, 0.717) is 0 Å². The monoisotopic (exact) mass is 404 g/mol. The molecule has 0 aromatic carbocycles. The summed E-state index contributed by atoms with van der Waals surface area (Å²) in [6.45, 7) is -5.61. The number of carbonyl (C=O) groups is 4. The molecule has 2 N–H and O–H groups in total. The molecule has 0 saturated heterocycles. The molecule has 0 bridgehead atoms. The SMILES string of the molecule is [2H]CC(=O)OC[C@H](OC(=O)C[2H])[C@H](OC(=O)C[2H])[C@@H](COP(=O)(O)O)OC(=O)C[2H].